The number of nitrogen functional groups attached to an aromatic ring is 1. The van der Waals surface area contributed by atoms with Gasteiger partial charge in [0.15, 0.2) is 5.78 Å². The quantitative estimate of drug-likeness (QED) is 0.834. The van der Waals surface area contributed by atoms with Crippen molar-refractivity contribution in [3.63, 3.8) is 0 Å². The lowest BCUT2D eigenvalue weighted by molar-refractivity contribution is 0.0993. The van der Waals surface area contributed by atoms with Gasteiger partial charge in [-0.2, -0.15) is 0 Å². The number of methoxy groups -OCH3 is 1. The monoisotopic (exact) mass is 242 g/mol. The topological polar surface area (TPSA) is 65.2 Å². The summed E-state index contributed by atoms with van der Waals surface area (Å²) in [6.45, 7) is 0. The molecule has 0 fully saturated rings. The van der Waals surface area contributed by atoms with Crippen LogP contribution < -0.4 is 10.5 Å². The van der Waals surface area contributed by atoms with Crippen LogP contribution in [0.25, 0.3) is 0 Å². The van der Waals surface area contributed by atoms with Gasteiger partial charge in [-0.25, -0.2) is 4.98 Å². The molecule has 1 aromatic heterocycles. The third kappa shape index (κ3) is 2.85. The van der Waals surface area contributed by atoms with Gasteiger partial charge in [-0.05, 0) is 35.9 Å². The Hall–Kier alpha value is -2.36. The van der Waals surface area contributed by atoms with Gasteiger partial charge in [0.1, 0.15) is 11.6 Å². The number of rotatable bonds is 4. The first kappa shape index (κ1) is 12.1. The molecule has 2 N–H and O–H groups in total. The van der Waals surface area contributed by atoms with E-state index in [0.29, 0.717) is 17.8 Å². The Bertz CT molecular complexity index is 533. The molecule has 0 atom stereocenters. The van der Waals surface area contributed by atoms with Crippen molar-refractivity contribution in [1.82, 2.24) is 4.98 Å². The van der Waals surface area contributed by atoms with Crippen LogP contribution >= 0.6 is 0 Å². The zero-order chi connectivity index (χ0) is 13.0. The minimum absolute atomic E-state index is 0.0456. The van der Waals surface area contributed by atoms with E-state index < -0.39 is 0 Å². The van der Waals surface area contributed by atoms with Gasteiger partial charge >= 0.3 is 0 Å². The number of anilines is 1. The first-order valence-electron chi connectivity index (χ1n) is 5.56. The summed E-state index contributed by atoms with van der Waals surface area (Å²) in [7, 11) is 1.59. The van der Waals surface area contributed by atoms with Gasteiger partial charge in [-0.15, -0.1) is 0 Å². The summed E-state index contributed by atoms with van der Waals surface area (Å²) in [6, 6.07) is 10.6. The molecule has 0 aliphatic carbocycles. The summed E-state index contributed by atoms with van der Waals surface area (Å²) in [4.78, 5) is 16.0. The highest BCUT2D eigenvalue weighted by molar-refractivity contribution is 5.97. The summed E-state index contributed by atoms with van der Waals surface area (Å²) in [5.41, 5.74) is 7.00. The average molecular weight is 242 g/mol. The van der Waals surface area contributed by atoms with Crippen molar-refractivity contribution in [3.05, 3.63) is 53.7 Å². The number of nitrogens with zero attached hydrogens (tertiary/aromatic N) is 1. The van der Waals surface area contributed by atoms with Crippen LogP contribution in [0.2, 0.25) is 0 Å². The maximum Gasteiger partial charge on any atom is 0.167 e. The van der Waals surface area contributed by atoms with E-state index in [4.69, 9.17) is 10.5 Å². The van der Waals surface area contributed by atoms with Gasteiger partial charge in [-0.3, -0.25) is 4.79 Å². The molecule has 0 unspecified atom stereocenters. The predicted octanol–water partition coefficient (Wildman–Crippen LogP) is 2.10. The van der Waals surface area contributed by atoms with Gasteiger partial charge in [-0.1, -0.05) is 6.07 Å². The molecule has 2 aromatic rings. The van der Waals surface area contributed by atoms with Gasteiger partial charge in [0.25, 0.3) is 0 Å². The summed E-state index contributed by atoms with van der Waals surface area (Å²) in [5, 5.41) is 0. The van der Waals surface area contributed by atoms with E-state index in [-0.39, 0.29) is 5.78 Å². The largest absolute Gasteiger partial charge is 0.497 e. The van der Waals surface area contributed by atoms with Crippen molar-refractivity contribution in [2.45, 2.75) is 6.42 Å². The van der Waals surface area contributed by atoms with Crippen LogP contribution in [0.5, 0.6) is 5.75 Å². The van der Waals surface area contributed by atoms with Crippen LogP contribution in [0.3, 0.4) is 0 Å². The fourth-order valence-corrected chi connectivity index (χ4v) is 1.60. The number of carbonyl (C=O) groups is 1. The lowest BCUT2D eigenvalue weighted by Crippen LogP contribution is -2.04. The molecule has 1 aromatic carbocycles. The Balaban J connectivity index is 2.09. The van der Waals surface area contributed by atoms with Crippen LogP contribution in [0.15, 0.2) is 42.6 Å². The minimum Gasteiger partial charge on any atom is -0.497 e. The number of benzene rings is 1. The maximum absolute atomic E-state index is 12.0. The Morgan fingerprint density at radius 3 is 2.50 bits per heavy atom. The molecule has 0 aliphatic rings. The molecule has 0 bridgehead atoms. The third-order valence-corrected chi connectivity index (χ3v) is 2.62. The summed E-state index contributed by atoms with van der Waals surface area (Å²) < 4.78 is 5.05. The summed E-state index contributed by atoms with van der Waals surface area (Å²) >= 11 is 0. The van der Waals surface area contributed by atoms with Gasteiger partial charge < -0.3 is 10.5 Å². The molecule has 4 nitrogen and oxygen atoms in total. The van der Waals surface area contributed by atoms with Crippen molar-refractivity contribution in [2.24, 2.45) is 0 Å². The molecule has 0 aliphatic heterocycles. The van der Waals surface area contributed by atoms with Crippen molar-refractivity contribution in [2.75, 3.05) is 12.8 Å². The predicted molar refractivity (Wildman–Crippen MR) is 69.7 cm³/mol. The van der Waals surface area contributed by atoms with Gasteiger partial charge in [0.05, 0.1) is 7.11 Å². The van der Waals surface area contributed by atoms with E-state index in [1.54, 1.807) is 43.6 Å². The first-order valence-corrected chi connectivity index (χ1v) is 5.56. The second kappa shape index (κ2) is 5.31. The zero-order valence-electron chi connectivity index (χ0n) is 10.1. The molecular weight excluding hydrogens is 228 g/mol. The van der Waals surface area contributed by atoms with Crippen LogP contribution in [0, 0.1) is 0 Å². The number of ketones is 1. The van der Waals surface area contributed by atoms with Crippen molar-refractivity contribution in [3.8, 4) is 5.75 Å². The van der Waals surface area contributed by atoms with Gasteiger partial charge in [0, 0.05) is 18.2 Å². The van der Waals surface area contributed by atoms with Crippen molar-refractivity contribution < 1.29 is 9.53 Å². The normalized spacial score (nSPS) is 10.1. The second-order valence-corrected chi connectivity index (χ2v) is 3.92. The third-order valence-electron chi connectivity index (χ3n) is 2.62. The number of carbonyl (C=O) groups excluding carboxylic acids is 1. The number of nitrogens with two attached hydrogens (primary N) is 1. The fourth-order valence-electron chi connectivity index (χ4n) is 1.60. The Morgan fingerprint density at radius 2 is 1.94 bits per heavy atom. The van der Waals surface area contributed by atoms with E-state index in [9.17, 15) is 4.79 Å². The second-order valence-electron chi connectivity index (χ2n) is 3.92. The Kier molecular flexibility index (Phi) is 3.57. The van der Waals surface area contributed by atoms with Crippen LogP contribution in [-0.4, -0.2) is 17.9 Å². The smallest absolute Gasteiger partial charge is 0.167 e. The molecule has 0 amide bonds. The van der Waals surface area contributed by atoms with E-state index in [2.05, 4.69) is 4.98 Å². The molecule has 0 radical (unpaired) electrons. The molecule has 1 heterocycles. The van der Waals surface area contributed by atoms with E-state index in [1.807, 2.05) is 6.07 Å². The highest BCUT2D eigenvalue weighted by Crippen LogP contribution is 2.13. The molecule has 92 valence electrons. The fraction of sp³-hybridized carbons (Fsp3) is 0.143. The van der Waals surface area contributed by atoms with E-state index in [0.717, 1.165) is 11.3 Å². The molecular formula is C14H14N2O2. The lowest BCUT2D eigenvalue weighted by atomic mass is 10.0. The number of hydrogen-bond acceptors (Lipinski definition) is 4. The van der Waals surface area contributed by atoms with Crippen molar-refractivity contribution >= 4 is 11.6 Å². The highest BCUT2D eigenvalue weighted by Gasteiger charge is 2.07. The van der Waals surface area contributed by atoms with Gasteiger partial charge in [0.2, 0.25) is 0 Å². The molecule has 18 heavy (non-hydrogen) atoms. The molecule has 0 saturated heterocycles. The number of Topliss-reactive ketones (excluding diaryl/α,β-unsaturated/α-hetero) is 1. The Morgan fingerprint density at radius 1 is 1.22 bits per heavy atom. The van der Waals surface area contributed by atoms with Crippen LogP contribution in [0.4, 0.5) is 5.82 Å². The lowest BCUT2D eigenvalue weighted by Gasteiger charge is -2.03. The molecule has 0 spiro atoms. The van der Waals surface area contributed by atoms with E-state index >= 15 is 0 Å². The van der Waals surface area contributed by atoms with Crippen LogP contribution in [-0.2, 0) is 6.42 Å². The highest BCUT2D eigenvalue weighted by atomic mass is 16.5. The molecule has 0 saturated carbocycles. The number of ether oxygens (including phenoxy) is 1. The summed E-state index contributed by atoms with van der Waals surface area (Å²) in [6.07, 6.45) is 1.94. The standard InChI is InChI=1S/C14H14N2O2/c1-18-12-5-3-11(4-6-12)13(17)8-10-2-7-14(15)16-9-10/h2-7,9H,8H2,1H3,(H2,15,16). The molecule has 4 heteroatoms. The van der Waals surface area contributed by atoms with E-state index in [1.165, 1.54) is 0 Å². The number of pyridine rings is 1. The first-order chi connectivity index (χ1) is 8.69. The number of aromatic nitrogens is 1. The van der Waals surface area contributed by atoms with Crippen LogP contribution in [0.1, 0.15) is 15.9 Å². The number of hydrogen-bond donors (Lipinski definition) is 1. The molecule has 2 rings (SSSR count). The summed E-state index contributed by atoms with van der Waals surface area (Å²) in [5.74, 6) is 1.24. The zero-order valence-corrected chi connectivity index (χ0v) is 10.1. The minimum atomic E-state index is 0.0456. The maximum atomic E-state index is 12.0. The SMILES string of the molecule is COc1ccc(C(=O)Cc2ccc(N)nc2)cc1. The van der Waals surface area contributed by atoms with Crippen molar-refractivity contribution in [1.29, 1.82) is 0 Å². The Labute approximate surface area is 105 Å². The average Bonchev–Trinajstić information content (AvgIpc) is 2.41.